The van der Waals surface area contributed by atoms with Crippen LogP contribution in [0.4, 0.5) is 13.2 Å². The first-order valence-corrected chi connectivity index (χ1v) is 6.51. The van der Waals surface area contributed by atoms with Crippen LogP contribution in [0, 0.1) is 17.5 Å². The molecular weight excluding hydrogens is 281 g/mol. The number of nitrogens with two attached hydrogens (primary N) is 1. The van der Waals surface area contributed by atoms with Crippen LogP contribution in [0.3, 0.4) is 0 Å². The van der Waals surface area contributed by atoms with Crippen LogP contribution >= 0.6 is 0 Å². The van der Waals surface area contributed by atoms with E-state index in [2.05, 4.69) is 4.98 Å². The summed E-state index contributed by atoms with van der Waals surface area (Å²) in [6.45, 7) is 2.47. The van der Waals surface area contributed by atoms with E-state index in [9.17, 15) is 13.2 Å². The van der Waals surface area contributed by atoms with Gasteiger partial charge in [0, 0.05) is 11.8 Å². The van der Waals surface area contributed by atoms with Gasteiger partial charge in [0.25, 0.3) is 0 Å². The highest BCUT2D eigenvalue weighted by atomic mass is 19.2. The first-order chi connectivity index (χ1) is 10.0. The second-order valence-corrected chi connectivity index (χ2v) is 4.54. The van der Waals surface area contributed by atoms with Crippen LogP contribution in [0.1, 0.15) is 30.5 Å². The Morgan fingerprint density at radius 1 is 1.19 bits per heavy atom. The standard InChI is InChI=1S/C15H15F3N2O/c1-2-5-21-10-6-9(7-20-8-10)15(19)11-3-4-12(16)14(18)13(11)17/h3-4,6-8,15H,2,5,19H2,1H3. The molecule has 0 radical (unpaired) electrons. The molecule has 0 saturated heterocycles. The van der Waals surface area contributed by atoms with Gasteiger partial charge in [0.15, 0.2) is 17.5 Å². The summed E-state index contributed by atoms with van der Waals surface area (Å²) in [5.41, 5.74) is 6.23. The molecule has 2 rings (SSSR count). The van der Waals surface area contributed by atoms with Crippen molar-refractivity contribution in [1.82, 2.24) is 4.98 Å². The van der Waals surface area contributed by atoms with E-state index in [0.29, 0.717) is 17.9 Å². The van der Waals surface area contributed by atoms with E-state index in [-0.39, 0.29) is 5.56 Å². The van der Waals surface area contributed by atoms with E-state index in [4.69, 9.17) is 10.5 Å². The number of hydrogen-bond acceptors (Lipinski definition) is 3. The Kier molecular flexibility index (Phi) is 4.80. The topological polar surface area (TPSA) is 48.1 Å². The molecule has 1 aromatic heterocycles. The number of benzene rings is 1. The molecule has 21 heavy (non-hydrogen) atoms. The molecule has 0 aliphatic heterocycles. The highest BCUT2D eigenvalue weighted by Crippen LogP contribution is 2.26. The van der Waals surface area contributed by atoms with Crippen LogP contribution in [0.25, 0.3) is 0 Å². The molecule has 1 atom stereocenters. The minimum atomic E-state index is -1.53. The predicted octanol–water partition coefficient (Wildman–Crippen LogP) is 3.34. The van der Waals surface area contributed by atoms with Crippen LogP contribution in [-0.2, 0) is 0 Å². The van der Waals surface area contributed by atoms with Gasteiger partial charge in [-0.15, -0.1) is 0 Å². The molecule has 2 N–H and O–H groups in total. The van der Waals surface area contributed by atoms with Gasteiger partial charge in [0.05, 0.1) is 18.8 Å². The molecule has 1 unspecified atom stereocenters. The number of halogens is 3. The van der Waals surface area contributed by atoms with Crippen molar-refractivity contribution < 1.29 is 17.9 Å². The molecule has 3 nitrogen and oxygen atoms in total. The first-order valence-electron chi connectivity index (χ1n) is 6.51. The molecule has 0 amide bonds. The lowest BCUT2D eigenvalue weighted by molar-refractivity contribution is 0.315. The van der Waals surface area contributed by atoms with Crippen LogP contribution < -0.4 is 10.5 Å². The van der Waals surface area contributed by atoms with Gasteiger partial charge in [-0.1, -0.05) is 13.0 Å². The van der Waals surface area contributed by atoms with Gasteiger partial charge in [0.2, 0.25) is 0 Å². The lowest BCUT2D eigenvalue weighted by Gasteiger charge is -2.15. The van der Waals surface area contributed by atoms with Crippen molar-refractivity contribution in [2.45, 2.75) is 19.4 Å². The summed E-state index contributed by atoms with van der Waals surface area (Å²) in [4.78, 5) is 3.96. The third kappa shape index (κ3) is 3.33. The van der Waals surface area contributed by atoms with Crippen molar-refractivity contribution >= 4 is 0 Å². The van der Waals surface area contributed by atoms with Gasteiger partial charge >= 0.3 is 0 Å². The lowest BCUT2D eigenvalue weighted by atomic mass is 10.00. The number of aromatic nitrogens is 1. The molecule has 6 heteroatoms. The van der Waals surface area contributed by atoms with E-state index in [1.807, 2.05) is 6.92 Å². The Balaban J connectivity index is 2.31. The molecule has 0 aliphatic carbocycles. The monoisotopic (exact) mass is 296 g/mol. The third-order valence-electron chi connectivity index (χ3n) is 2.97. The summed E-state index contributed by atoms with van der Waals surface area (Å²) >= 11 is 0. The van der Waals surface area contributed by atoms with E-state index < -0.39 is 23.5 Å². The molecule has 0 fully saturated rings. The minimum Gasteiger partial charge on any atom is -0.492 e. The summed E-state index contributed by atoms with van der Waals surface area (Å²) in [5, 5.41) is 0. The SMILES string of the molecule is CCCOc1cncc(C(N)c2ccc(F)c(F)c2F)c1. The highest BCUT2D eigenvalue weighted by molar-refractivity contribution is 5.35. The Labute approximate surface area is 120 Å². The van der Waals surface area contributed by atoms with Gasteiger partial charge < -0.3 is 10.5 Å². The first kappa shape index (κ1) is 15.3. The van der Waals surface area contributed by atoms with Gasteiger partial charge in [-0.05, 0) is 24.1 Å². The molecule has 0 saturated carbocycles. The maximum absolute atomic E-state index is 13.8. The number of ether oxygens (including phenoxy) is 1. The molecule has 0 aliphatic rings. The smallest absolute Gasteiger partial charge is 0.194 e. The summed E-state index contributed by atoms with van der Waals surface area (Å²) in [7, 11) is 0. The van der Waals surface area contributed by atoms with Crippen LogP contribution in [0.5, 0.6) is 5.75 Å². The second kappa shape index (κ2) is 6.58. The zero-order valence-electron chi connectivity index (χ0n) is 11.4. The average molecular weight is 296 g/mol. The number of pyridine rings is 1. The number of rotatable bonds is 5. The van der Waals surface area contributed by atoms with E-state index in [0.717, 1.165) is 18.6 Å². The largest absolute Gasteiger partial charge is 0.492 e. The van der Waals surface area contributed by atoms with Crippen LogP contribution in [-0.4, -0.2) is 11.6 Å². The van der Waals surface area contributed by atoms with Crippen molar-refractivity contribution in [3.05, 3.63) is 59.2 Å². The zero-order valence-corrected chi connectivity index (χ0v) is 11.4. The molecule has 2 aromatic rings. The van der Waals surface area contributed by atoms with Crippen molar-refractivity contribution in [2.75, 3.05) is 6.61 Å². The van der Waals surface area contributed by atoms with Gasteiger partial charge in [0.1, 0.15) is 5.75 Å². The van der Waals surface area contributed by atoms with Gasteiger partial charge in [-0.25, -0.2) is 13.2 Å². The Bertz CT molecular complexity index is 634. The van der Waals surface area contributed by atoms with E-state index >= 15 is 0 Å². The fraction of sp³-hybridized carbons (Fsp3) is 0.267. The highest BCUT2D eigenvalue weighted by Gasteiger charge is 2.20. The minimum absolute atomic E-state index is 0.136. The predicted molar refractivity (Wildman–Crippen MR) is 72.4 cm³/mol. The van der Waals surface area contributed by atoms with Crippen molar-refractivity contribution in [1.29, 1.82) is 0 Å². The summed E-state index contributed by atoms with van der Waals surface area (Å²) < 4.78 is 45.4. The molecule has 1 heterocycles. The number of hydrogen-bond donors (Lipinski definition) is 1. The molecule has 0 bridgehead atoms. The van der Waals surface area contributed by atoms with Crippen LogP contribution in [0.15, 0.2) is 30.6 Å². The van der Waals surface area contributed by atoms with Gasteiger partial charge in [-0.3, -0.25) is 4.98 Å². The molecule has 112 valence electrons. The van der Waals surface area contributed by atoms with Crippen molar-refractivity contribution in [2.24, 2.45) is 5.73 Å². The summed E-state index contributed by atoms with van der Waals surface area (Å²) in [6.07, 6.45) is 3.77. The summed E-state index contributed by atoms with van der Waals surface area (Å²) in [5.74, 6) is -3.58. The maximum Gasteiger partial charge on any atom is 0.194 e. The average Bonchev–Trinajstić information content (AvgIpc) is 2.50. The quantitative estimate of drug-likeness (QED) is 0.861. The zero-order chi connectivity index (χ0) is 15.4. The maximum atomic E-state index is 13.8. The summed E-state index contributed by atoms with van der Waals surface area (Å²) in [6, 6.07) is 2.61. The van der Waals surface area contributed by atoms with E-state index in [1.165, 1.54) is 12.4 Å². The second-order valence-electron chi connectivity index (χ2n) is 4.54. The fourth-order valence-corrected chi connectivity index (χ4v) is 1.87. The lowest BCUT2D eigenvalue weighted by Crippen LogP contribution is -2.15. The molecule has 0 spiro atoms. The van der Waals surface area contributed by atoms with Gasteiger partial charge in [-0.2, -0.15) is 0 Å². The van der Waals surface area contributed by atoms with Crippen molar-refractivity contribution in [3.8, 4) is 5.75 Å². The Morgan fingerprint density at radius 3 is 2.67 bits per heavy atom. The normalized spacial score (nSPS) is 12.2. The fourth-order valence-electron chi connectivity index (χ4n) is 1.87. The molecule has 1 aromatic carbocycles. The third-order valence-corrected chi connectivity index (χ3v) is 2.97. The Morgan fingerprint density at radius 2 is 1.95 bits per heavy atom. The van der Waals surface area contributed by atoms with E-state index in [1.54, 1.807) is 6.07 Å². The van der Waals surface area contributed by atoms with Crippen molar-refractivity contribution in [3.63, 3.8) is 0 Å². The van der Waals surface area contributed by atoms with Crippen LogP contribution in [0.2, 0.25) is 0 Å². The Hall–Kier alpha value is -2.08. The molecular formula is C15H15F3N2O. The number of nitrogens with zero attached hydrogens (tertiary/aromatic N) is 1.